The standard InChI is InChI=1S/C20H18ClN3O4/c21-14-5-1-6-15(10-14)24-17(18-7-3-9-28-18)11-16(22-24)19(25)23-8-2-4-13(12-23)20(26)27/h1,3,5-7,9-11,13H,2,4,8,12H2,(H,26,27). The summed E-state index contributed by atoms with van der Waals surface area (Å²) in [5.74, 6) is -1.15. The summed E-state index contributed by atoms with van der Waals surface area (Å²) in [6.07, 6.45) is 2.78. The third-order valence-corrected chi connectivity index (χ3v) is 5.05. The highest BCUT2D eigenvalue weighted by Crippen LogP contribution is 2.27. The van der Waals surface area contributed by atoms with Gasteiger partial charge in [-0.05, 0) is 43.2 Å². The molecule has 0 radical (unpaired) electrons. The Morgan fingerprint density at radius 2 is 2.07 bits per heavy atom. The minimum atomic E-state index is -0.877. The zero-order valence-electron chi connectivity index (χ0n) is 14.9. The van der Waals surface area contributed by atoms with Gasteiger partial charge in [0.2, 0.25) is 0 Å². The number of piperidine rings is 1. The Kier molecular flexibility index (Phi) is 4.92. The lowest BCUT2D eigenvalue weighted by atomic mass is 9.98. The lowest BCUT2D eigenvalue weighted by molar-refractivity contribution is -0.143. The second-order valence-electron chi connectivity index (χ2n) is 6.71. The average molecular weight is 400 g/mol. The first kappa shape index (κ1) is 18.3. The molecule has 7 nitrogen and oxygen atoms in total. The Balaban J connectivity index is 1.71. The van der Waals surface area contributed by atoms with Crippen LogP contribution in [0.3, 0.4) is 0 Å². The molecule has 1 unspecified atom stereocenters. The van der Waals surface area contributed by atoms with Crippen molar-refractivity contribution in [2.45, 2.75) is 12.8 Å². The van der Waals surface area contributed by atoms with Crippen molar-refractivity contribution in [1.29, 1.82) is 0 Å². The van der Waals surface area contributed by atoms with Crippen LogP contribution < -0.4 is 0 Å². The van der Waals surface area contributed by atoms with Crippen molar-refractivity contribution < 1.29 is 19.1 Å². The minimum absolute atomic E-state index is 0.189. The van der Waals surface area contributed by atoms with E-state index in [2.05, 4.69) is 5.10 Å². The van der Waals surface area contributed by atoms with Crippen LogP contribution in [0.1, 0.15) is 23.3 Å². The molecule has 1 aliphatic heterocycles. The third-order valence-electron chi connectivity index (χ3n) is 4.81. The third kappa shape index (κ3) is 3.53. The predicted octanol–water partition coefficient (Wildman–Crippen LogP) is 3.72. The summed E-state index contributed by atoms with van der Waals surface area (Å²) in [5.41, 5.74) is 1.54. The van der Waals surface area contributed by atoms with Crippen molar-refractivity contribution in [2.24, 2.45) is 5.92 Å². The summed E-state index contributed by atoms with van der Waals surface area (Å²) in [4.78, 5) is 25.9. The van der Waals surface area contributed by atoms with Gasteiger partial charge in [0.1, 0.15) is 5.69 Å². The van der Waals surface area contributed by atoms with E-state index < -0.39 is 11.9 Å². The van der Waals surface area contributed by atoms with Gasteiger partial charge in [-0.3, -0.25) is 9.59 Å². The number of hydrogen-bond donors (Lipinski definition) is 1. The maximum absolute atomic E-state index is 13.0. The van der Waals surface area contributed by atoms with Gasteiger partial charge in [0.25, 0.3) is 5.91 Å². The number of carboxylic acids is 1. The highest BCUT2D eigenvalue weighted by Gasteiger charge is 2.30. The number of aromatic nitrogens is 2. The predicted molar refractivity (Wildman–Crippen MR) is 103 cm³/mol. The number of aliphatic carboxylic acids is 1. The molecule has 8 heteroatoms. The molecule has 0 bridgehead atoms. The number of benzene rings is 1. The summed E-state index contributed by atoms with van der Waals surface area (Å²) >= 11 is 6.11. The summed E-state index contributed by atoms with van der Waals surface area (Å²) in [6, 6.07) is 12.3. The number of carboxylic acid groups (broad SMARTS) is 1. The molecule has 1 N–H and O–H groups in total. The van der Waals surface area contributed by atoms with Gasteiger partial charge in [0.05, 0.1) is 17.9 Å². The highest BCUT2D eigenvalue weighted by molar-refractivity contribution is 6.30. The molecule has 1 atom stereocenters. The molecule has 144 valence electrons. The molecule has 3 aromatic rings. The molecule has 4 rings (SSSR count). The number of rotatable bonds is 4. The van der Waals surface area contributed by atoms with Gasteiger partial charge in [0, 0.05) is 24.2 Å². The lowest BCUT2D eigenvalue weighted by Gasteiger charge is -2.30. The van der Waals surface area contributed by atoms with Gasteiger partial charge in [-0.25, -0.2) is 4.68 Å². The van der Waals surface area contributed by atoms with Crippen LogP contribution in [0.4, 0.5) is 0 Å². The first-order valence-corrected chi connectivity index (χ1v) is 9.32. The van der Waals surface area contributed by atoms with Gasteiger partial charge in [0.15, 0.2) is 11.5 Å². The Morgan fingerprint density at radius 1 is 1.21 bits per heavy atom. The number of halogens is 1. The second kappa shape index (κ2) is 7.52. The van der Waals surface area contributed by atoms with E-state index in [9.17, 15) is 14.7 Å². The molecular formula is C20H18ClN3O4. The van der Waals surface area contributed by atoms with Crippen molar-refractivity contribution in [1.82, 2.24) is 14.7 Å². The van der Waals surface area contributed by atoms with Crippen molar-refractivity contribution in [3.8, 4) is 17.1 Å². The maximum Gasteiger partial charge on any atom is 0.308 e. The van der Waals surface area contributed by atoms with Crippen molar-refractivity contribution in [2.75, 3.05) is 13.1 Å². The largest absolute Gasteiger partial charge is 0.481 e. The topological polar surface area (TPSA) is 88.6 Å². The number of amides is 1. The van der Waals surface area contributed by atoms with E-state index in [0.717, 1.165) is 0 Å². The fourth-order valence-corrected chi connectivity index (χ4v) is 3.60. The van der Waals surface area contributed by atoms with Gasteiger partial charge < -0.3 is 14.4 Å². The zero-order valence-corrected chi connectivity index (χ0v) is 15.7. The van der Waals surface area contributed by atoms with E-state index in [4.69, 9.17) is 16.0 Å². The van der Waals surface area contributed by atoms with E-state index in [0.29, 0.717) is 41.6 Å². The number of furan rings is 1. The van der Waals surface area contributed by atoms with Gasteiger partial charge in [-0.1, -0.05) is 17.7 Å². The Hall–Kier alpha value is -3.06. The van der Waals surface area contributed by atoms with Crippen LogP contribution in [0.15, 0.2) is 53.1 Å². The van der Waals surface area contributed by atoms with E-state index >= 15 is 0 Å². The molecule has 1 fully saturated rings. The zero-order chi connectivity index (χ0) is 19.7. The Labute approximate surface area is 166 Å². The van der Waals surface area contributed by atoms with Crippen molar-refractivity contribution in [3.05, 3.63) is 59.4 Å². The van der Waals surface area contributed by atoms with Crippen LogP contribution in [0.25, 0.3) is 17.1 Å². The molecular weight excluding hydrogens is 382 g/mol. The lowest BCUT2D eigenvalue weighted by Crippen LogP contribution is -2.42. The van der Waals surface area contributed by atoms with Crippen molar-refractivity contribution >= 4 is 23.5 Å². The first-order chi connectivity index (χ1) is 13.5. The first-order valence-electron chi connectivity index (χ1n) is 8.95. The average Bonchev–Trinajstić information content (AvgIpc) is 3.37. The smallest absolute Gasteiger partial charge is 0.308 e. The fraction of sp³-hybridized carbons (Fsp3) is 0.250. The monoisotopic (exact) mass is 399 g/mol. The molecule has 1 aliphatic rings. The number of hydrogen-bond acceptors (Lipinski definition) is 4. The molecule has 1 saturated heterocycles. The molecule has 1 aromatic carbocycles. The highest BCUT2D eigenvalue weighted by atomic mass is 35.5. The van der Waals surface area contributed by atoms with E-state index in [1.807, 2.05) is 6.07 Å². The summed E-state index contributed by atoms with van der Waals surface area (Å²) in [5, 5.41) is 14.3. The molecule has 1 amide bonds. The van der Waals surface area contributed by atoms with Crippen LogP contribution in [-0.2, 0) is 4.79 Å². The SMILES string of the molecule is O=C(O)C1CCCN(C(=O)c2cc(-c3ccco3)n(-c3cccc(Cl)c3)n2)C1. The Morgan fingerprint density at radius 3 is 2.79 bits per heavy atom. The van der Waals surface area contributed by atoms with Crippen LogP contribution in [0, 0.1) is 5.92 Å². The minimum Gasteiger partial charge on any atom is -0.481 e. The summed E-state index contributed by atoms with van der Waals surface area (Å²) < 4.78 is 7.11. The van der Waals surface area contributed by atoms with Crippen LogP contribution in [-0.4, -0.2) is 44.8 Å². The Bertz CT molecular complexity index is 1010. The molecule has 2 aromatic heterocycles. The second-order valence-corrected chi connectivity index (χ2v) is 7.15. The van der Waals surface area contributed by atoms with Crippen LogP contribution in [0.2, 0.25) is 5.02 Å². The fourth-order valence-electron chi connectivity index (χ4n) is 3.42. The van der Waals surface area contributed by atoms with E-state index in [-0.39, 0.29) is 18.1 Å². The van der Waals surface area contributed by atoms with Gasteiger partial charge in [-0.2, -0.15) is 5.10 Å². The maximum atomic E-state index is 13.0. The number of carbonyl (C=O) groups excluding carboxylic acids is 1. The summed E-state index contributed by atoms with van der Waals surface area (Å²) in [6.45, 7) is 0.705. The number of carbonyl (C=O) groups is 2. The van der Waals surface area contributed by atoms with Crippen molar-refractivity contribution in [3.63, 3.8) is 0 Å². The quantitative estimate of drug-likeness (QED) is 0.722. The normalized spacial score (nSPS) is 16.9. The molecule has 0 spiro atoms. The van der Waals surface area contributed by atoms with Crippen LogP contribution in [0.5, 0.6) is 0 Å². The summed E-state index contributed by atoms with van der Waals surface area (Å²) in [7, 11) is 0. The molecule has 0 aliphatic carbocycles. The molecule has 0 saturated carbocycles. The molecule has 3 heterocycles. The van der Waals surface area contributed by atoms with E-state index in [1.54, 1.807) is 52.2 Å². The van der Waals surface area contributed by atoms with E-state index in [1.165, 1.54) is 0 Å². The molecule has 28 heavy (non-hydrogen) atoms. The number of likely N-dealkylation sites (tertiary alicyclic amines) is 1. The number of nitrogens with zero attached hydrogens (tertiary/aromatic N) is 3. The van der Waals surface area contributed by atoms with Gasteiger partial charge in [-0.15, -0.1) is 0 Å². The van der Waals surface area contributed by atoms with Crippen LogP contribution >= 0.6 is 11.6 Å². The van der Waals surface area contributed by atoms with Gasteiger partial charge >= 0.3 is 5.97 Å².